The summed E-state index contributed by atoms with van der Waals surface area (Å²) in [5.74, 6) is 0.570. The molecule has 0 saturated heterocycles. The van der Waals surface area contributed by atoms with E-state index in [1.165, 1.54) is 5.56 Å². The maximum Gasteiger partial charge on any atom is 0.0541 e. The third-order valence-corrected chi connectivity index (χ3v) is 5.64. The largest absolute Gasteiger partial charge is 0.323 e. The molecule has 0 aliphatic rings. The molecule has 0 spiro atoms. The molecule has 2 nitrogen and oxygen atoms in total. The van der Waals surface area contributed by atoms with Gasteiger partial charge in [-0.3, -0.25) is 4.21 Å². The molecule has 0 heterocycles. The summed E-state index contributed by atoms with van der Waals surface area (Å²) < 4.78 is 12.7. The highest BCUT2D eigenvalue weighted by molar-refractivity contribution is 7.84. The van der Waals surface area contributed by atoms with Crippen LogP contribution in [0.15, 0.2) is 54.6 Å². The molecule has 3 atom stereocenters. The third-order valence-electron chi connectivity index (χ3n) is 3.72. The molecule has 0 radical (unpaired) electrons. The van der Waals surface area contributed by atoms with Crippen LogP contribution in [-0.2, 0) is 16.6 Å². The highest BCUT2D eigenvalue weighted by Gasteiger charge is 2.23. The van der Waals surface area contributed by atoms with E-state index in [2.05, 4.69) is 26.0 Å². The van der Waals surface area contributed by atoms with Crippen molar-refractivity contribution in [2.24, 2.45) is 5.73 Å². The van der Waals surface area contributed by atoms with Crippen molar-refractivity contribution < 1.29 is 4.21 Å². The molecule has 0 fully saturated rings. The summed E-state index contributed by atoms with van der Waals surface area (Å²) in [7, 11) is -0.973. The van der Waals surface area contributed by atoms with Crippen LogP contribution in [0.4, 0.5) is 0 Å². The molecule has 21 heavy (non-hydrogen) atoms. The lowest BCUT2D eigenvalue weighted by atomic mass is 10.0. The van der Waals surface area contributed by atoms with Crippen molar-refractivity contribution in [1.29, 1.82) is 0 Å². The summed E-state index contributed by atoms with van der Waals surface area (Å²) in [6.45, 7) is 4.11. The quantitative estimate of drug-likeness (QED) is 0.883. The third kappa shape index (κ3) is 4.26. The van der Waals surface area contributed by atoms with Gasteiger partial charge < -0.3 is 5.73 Å². The van der Waals surface area contributed by atoms with Gasteiger partial charge >= 0.3 is 0 Å². The molecule has 0 aliphatic heterocycles. The molecule has 0 aliphatic carbocycles. The zero-order chi connectivity index (χ0) is 15.2. The molecule has 0 amide bonds. The fourth-order valence-corrected chi connectivity index (χ4v) is 4.14. The Hall–Kier alpha value is -1.45. The summed E-state index contributed by atoms with van der Waals surface area (Å²) in [5.41, 5.74) is 9.72. The second-order valence-electron chi connectivity index (χ2n) is 5.40. The first-order valence-corrected chi connectivity index (χ1v) is 8.73. The lowest BCUT2D eigenvalue weighted by molar-refractivity contribution is 0.611. The maximum absolute atomic E-state index is 12.7. The van der Waals surface area contributed by atoms with Crippen molar-refractivity contribution in [2.45, 2.75) is 37.3 Å². The summed E-state index contributed by atoms with van der Waals surface area (Å²) in [6.07, 6.45) is 0.814. The van der Waals surface area contributed by atoms with Crippen molar-refractivity contribution in [2.75, 3.05) is 0 Å². The Bertz CT molecular complexity index is 597. The number of rotatable bonds is 6. The van der Waals surface area contributed by atoms with Crippen molar-refractivity contribution in [3.05, 3.63) is 71.3 Å². The van der Waals surface area contributed by atoms with Gasteiger partial charge in [0.2, 0.25) is 0 Å². The molecule has 2 aromatic carbocycles. The molecule has 3 unspecified atom stereocenters. The minimum Gasteiger partial charge on any atom is -0.323 e. The van der Waals surface area contributed by atoms with Crippen LogP contribution in [0.25, 0.3) is 0 Å². The number of hydrogen-bond acceptors (Lipinski definition) is 2. The van der Waals surface area contributed by atoms with Crippen LogP contribution in [0.5, 0.6) is 0 Å². The van der Waals surface area contributed by atoms with E-state index in [-0.39, 0.29) is 11.3 Å². The first-order valence-electron chi connectivity index (χ1n) is 7.35. The SMILES string of the molecule is CCC(C(N)c1ccccc1)S(=O)Cc1cccc(C)c1. The van der Waals surface area contributed by atoms with Crippen LogP contribution >= 0.6 is 0 Å². The number of hydrogen-bond donors (Lipinski definition) is 1. The fraction of sp³-hybridized carbons (Fsp3) is 0.333. The zero-order valence-electron chi connectivity index (χ0n) is 12.7. The van der Waals surface area contributed by atoms with E-state index in [1.54, 1.807) is 0 Å². The lowest BCUT2D eigenvalue weighted by Crippen LogP contribution is -2.30. The monoisotopic (exact) mass is 301 g/mol. The van der Waals surface area contributed by atoms with Gasteiger partial charge in [0.15, 0.2) is 0 Å². The van der Waals surface area contributed by atoms with Gasteiger partial charge in [0.1, 0.15) is 0 Å². The number of nitrogens with two attached hydrogens (primary N) is 1. The van der Waals surface area contributed by atoms with E-state index >= 15 is 0 Å². The molecular formula is C18H23NOS. The normalized spacial score (nSPS) is 15.4. The van der Waals surface area contributed by atoms with Crippen molar-refractivity contribution >= 4 is 10.8 Å². The Balaban J connectivity index is 2.12. The first-order chi connectivity index (χ1) is 10.1. The lowest BCUT2D eigenvalue weighted by Gasteiger charge is -2.22. The Morgan fingerprint density at radius 2 is 1.81 bits per heavy atom. The molecule has 0 aromatic heterocycles. The maximum atomic E-state index is 12.7. The second kappa shape index (κ2) is 7.53. The Morgan fingerprint density at radius 3 is 2.43 bits per heavy atom. The highest BCUT2D eigenvalue weighted by atomic mass is 32.2. The van der Waals surface area contributed by atoms with Crippen molar-refractivity contribution in [3.8, 4) is 0 Å². The molecule has 112 valence electrons. The number of benzene rings is 2. The standard InChI is InChI=1S/C18H23NOS/c1-3-17(18(19)16-10-5-4-6-11-16)21(20)13-15-9-7-8-14(2)12-15/h4-12,17-18H,3,13,19H2,1-2H3. The Kier molecular flexibility index (Phi) is 5.71. The minimum atomic E-state index is -0.973. The highest BCUT2D eigenvalue weighted by Crippen LogP contribution is 2.23. The number of aryl methyl sites for hydroxylation is 1. The summed E-state index contributed by atoms with van der Waals surface area (Å²) in [6, 6.07) is 18.0. The van der Waals surface area contributed by atoms with E-state index < -0.39 is 10.8 Å². The van der Waals surface area contributed by atoms with Gasteiger partial charge in [-0.15, -0.1) is 0 Å². The van der Waals surface area contributed by atoms with Gasteiger partial charge in [-0.2, -0.15) is 0 Å². The van der Waals surface area contributed by atoms with E-state index in [4.69, 9.17) is 5.73 Å². The summed E-state index contributed by atoms with van der Waals surface area (Å²) in [5, 5.41) is -0.0205. The first kappa shape index (κ1) is 15.9. The smallest absolute Gasteiger partial charge is 0.0541 e. The molecular weight excluding hydrogens is 278 g/mol. The van der Waals surface area contributed by atoms with Crippen molar-refractivity contribution in [3.63, 3.8) is 0 Å². The van der Waals surface area contributed by atoms with E-state index in [1.807, 2.05) is 42.5 Å². The van der Waals surface area contributed by atoms with Gasteiger partial charge in [0.25, 0.3) is 0 Å². The average molecular weight is 301 g/mol. The van der Waals surface area contributed by atoms with Gasteiger partial charge in [-0.05, 0) is 24.5 Å². The molecule has 2 aromatic rings. The molecule has 0 saturated carbocycles. The predicted molar refractivity (Wildman–Crippen MR) is 90.5 cm³/mol. The van der Waals surface area contributed by atoms with Crippen molar-refractivity contribution in [1.82, 2.24) is 0 Å². The van der Waals surface area contributed by atoms with E-state index in [0.717, 1.165) is 17.5 Å². The van der Waals surface area contributed by atoms with Crippen LogP contribution in [0, 0.1) is 6.92 Å². The van der Waals surface area contributed by atoms with Crippen LogP contribution < -0.4 is 5.73 Å². The minimum absolute atomic E-state index is 0.0205. The molecule has 0 bridgehead atoms. The van der Waals surface area contributed by atoms with E-state index in [9.17, 15) is 4.21 Å². The summed E-state index contributed by atoms with van der Waals surface area (Å²) in [4.78, 5) is 0. The molecule has 2 rings (SSSR count). The molecule has 2 N–H and O–H groups in total. The van der Waals surface area contributed by atoms with Gasteiger partial charge in [0.05, 0.1) is 5.25 Å². The van der Waals surface area contributed by atoms with Crippen LogP contribution in [0.3, 0.4) is 0 Å². The topological polar surface area (TPSA) is 43.1 Å². The Morgan fingerprint density at radius 1 is 1.10 bits per heavy atom. The van der Waals surface area contributed by atoms with Crippen LogP contribution in [0.2, 0.25) is 0 Å². The zero-order valence-corrected chi connectivity index (χ0v) is 13.5. The van der Waals surface area contributed by atoms with E-state index in [0.29, 0.717) is 5.75 Å². The molecule has 3 heteroatoms. The average Bonchev–Trinajstić information content (AvgIpc) is 2.48. The fourth-order valence-electron chi connectivity index (χ4n) is 2.57. The van der Waals surface area contributed by atoms with Gasteiger partial charge in [-0.25, -0.2) is 0 Å². The van der Waals surface area contributed by atoms with Gasteiger partial charge in [0, 0.05) is 22.6 Å². The van der Waals surface area contributed by atoms with Crippen LogP contribution in [-0.4, -0.2) is 9.46 Å². The van der Waals surface area contributed by atoms with Gasteiger partial charge in [-0.1, -0.05) is 67.1 Å². The van der Waals surface area contributed by atoms with Crippen LogP contribution in [0.1, 0.15) is 36.1 Å². The second-order valence-corrected chi connectivity index (χ2v) is 7.05. The summed E-state index contributed by atoms with van der Waals surface area (Å²) >= 11 is 0. The predicted octanol–water partition coefficient (Wildman–Crippen LogP) is 3.72. The Labute approximate surface area is 129 Å².